The number of aliphatic hydroxyl groups excluding tert-OH is 1. The first-order valence-electron chi connectivity index (χ1n) is 13.6. The van der Waals surface area contributed by atoms with E-state index in [-0.39, 0.29) is 39.6 Å². The summed E-state index contributed by atoms with van der Waals surface area (Å²) in [5.74, 6) is -0.546. The molecule has 44 heavy (non-hydrogen) atoms. The van der Waals surface area contributed by atoms with Gasteiger partial charge in [0, 0.05) is 0 Å². The molecule has 3 N–H and O–H groups in total. The first kappa shape index (κ1) is 33.1. The summed E-state index contributed by atoms with van der Waals surface area (Å²) in [5.41, 5.74) is 2.11. The number of nitrogens with zero attached hydrogens (tertiary/aromatic N) is 4. The predicted octanol–water partition coefficient (Wildman–Crippen LogP) is 1.95. The van der Waals surface area contributed by atoms with Crippen LogP contribution in [-0.2, 0) is 43.6 Å². The van der Waals surface area contributed by atoms with Crippen LogP contribution in [0.5, 0.6) is 11.5 Å². The van der Waals surface area contributed by atoms with Gasteiger partial charge in [-0.2, -0.15) is 0 Å². The number of aliphatic carboxylic acids is 1. The normalized spacial score (nSPS) is 11.9. The van der Waals surface area contributed by atoms with Crippen molar-refractivity contribution in [2.75, 3.05) is 46.2 Å². The molecule has 0 aliphatic carbocycles. The Morgan fingerprint density at radius 1 is 0.977 bits per heavy atom. The van der Waals surface area contributed by atoms with E-state index in [1.165, 1.54) is 16.0 Å². The quantitative estimate of drug-likeness (QED) is 0.0812. The number of thiazole rings is 1. The van der Waals surface area contributed by atoms with Gasteiger partial charge in [0.25, 0.3) is 0 Å². The lowest BCUT2D eigenvalue weighted by molar-refractivity contribution is -0.144. The summed E-state index contributed by atoms with van der Waals surface area (Å²) >= 11 is 5.71. The molecule has 1 amide bonds. The fraction of sp³-hybridized carbons (Fsp3) is 0.393. The Bertz CT molecular complexity index is 1500. The highest BCUT2D eigenvalue weighted by molar-refractivity contribution is 7.82. The number of carboxylic acids is 1. The number of aromatic nitrogens is 4. The van der Waals surface area contributed by atoms with Gasteiger partial charge in [0.1, 0.15) is 41.3 Å². The third-order valence-corrected chi connectivity index (χ3v) is 7.01. The number of carbonyl (C=O) groups excluding carboxylic acids is 1. The number of carbonyl (C=O) groups is 2. The molecule has 0 aliphatic heterocycles. The maximum atomic E-state index is 12.5. The summed E-state index contributed by atoms with van der Waals surface area (Å²) in [4.78, 5) is 28.6. The van der Waals surface area contributed by atoms with E-state index in [1.54, 1.807) is 30.5 Å². The van der Waals surface area contributed by atoms with Crippen LogP contribution >= 0.6 is 24.0 Å². The number of hydrogen-bond acceptors (Lipinski definition) is 13. The number of carboxylic acid groups (broad SMARTS) is 1. The Morgan fingerprint density at radius 3 is 2.59 bits per heavy atom. The van der Waals surface area contributed by atoms with Crippen molar-refractivity contribution < 1.29 is 43.5 Å². The van der Waals surface area contributed by atoms with Crippen LogP contribution in [0.4, 0.5) is 0 Å². The van der Waals surface area contributed by atoms with Gasteiger partial charge in [0.2, 0.25) is 5.91 Å². The molecule has 4 aromatic rings. The highest BCUT2D eigenvalue weighted by atomic mass is 32.2. The predicted molar refractivity (Wildman–Crippen MR) is 161 cm³/mol. The van der Waals surface area contributed by atoms with Gasteiger partial charge in [-0.15, -0.1) is 29.1 Å². The number of thiol groups is 1. The summed E-state index contributed by atoms with van der Waals surface area (Å²) in [6.45, 7) is 1.53. The van der Waals surface area contributed by atoms with Crippen LogP contribution in [0.3, 0.4) is 0 Å². The van der Waals surface area contributed by atoms with E-state index in [1.807, 2.05) is 18.2 Å². The Labute approximate surface area is 262 Å². The molecule has 0 unspecified atom stereocenters. The van der Waals surface area contributed by atoms with E-state index >= 15 is 0 Å². The molecule has 2 heterocycles. The lowest BCUT2D eigenvalue weighted by Gasteiger charge is -2.15. The zero-order valence-electron chi connectivity index (χ0n) is 23.7. The lowest BCUT2D eigenvalue weighted by atomic mass is 10.2. The number of hydrogen-bond donors (Lipinski definition) is 4. The largest absolute Gasteiger partial charge is 0.491 e. The van der Waals surface area contributed by atoms with Crippen molar-refractivity contribution in [3.8, 4) is 11.5 Å². The summed E-state index contributed by atoms with van der Waals surface area (Å²) < 4.78 is 30.4. The maximum absolute atomic E-state index is 12.5. The van der Waals surface area contributed by atoms with Gasteiger partial charge in [-0.05, 0) is 35.9 Å². The minimum Gasteiger partial charge on any atom is -0.491 e. The van der Waals surface area contributed by atoms with Crippen molar-refractivity contribution in [2.45, 2.75) is 30.1 Å². The molecular weight excluding hydrogens is 614 g/mol. The molecule has 4 rings (SSSR count). The van der Waals surface area contributed by atoms with Crippen LogP contribution < -0.4 is 14.8 Å². The molecular formula is C28H33N5O9S2. The van der Waals surface area contributed by atoms with Crippen LogP contribution in [0.15, 0.2) is 53.0 Å². The minimum atomic E-state index is -1.26. The number of aliphatic hydroxyl groups is 1. The van der Waals surface area contributed by atoms with Crippen molar-refractivity contribution in [1.82, 2.24) is 25.3 Å². The molecule has 1 atom stereocenters. The first-order chi connectivity index (χ1) is 21.4. The molecule has 0 fully saturated rings. The van der Waals surface area contributed by atoms with E-state index in [2.05, 4.69) is 33.2 Å². The number of benzene rings is 2. The van der Waals surface area contributed by atoms with E-state index in [9.17, 15) is 14.7 Å². The molecule has 0 spiro atoms. The molecule has 2 aromatic heterocycles. The van der Waals surface area contributed by atoms with Crippen molar-refractivity contribution in [3.05, 3.63) is 59.9 Å². The van der Waals surface area contributed by atoms with E-state index in [4.69, 9.17) is 28.8 Å². The lowest BCUT2D eigenvalue weighted by Crippen LogP contribution is -2.45. The standard InChI is InChI=1S/C28H33N5O9S2/c34-6-7-38-8-9-39-10-11-41-21-3-1-2-19(12-21)16-40-18-24(27(36)37)29-26(35)15-33-14-20(31-32-33)17-42-22-4-5-23-25(13-22)44-28(43)30-23/h1-5,12-14,24,34H,6-11,15-18H2,(H,29,35)(H,30,43)(H,36,37)/t24-/m0/s1. The summed E-state index contributed by atoms with van der Waals surface area (Å²) in [6.07, 6.45) is 1.55. The van der Waals surface area contributed by atoms with Gasteiger partial charge in [-0.1, -0.05) is 17.3 Å². The smallest absolute Gasteiger partial charge is 0.328 e. The second kappa shape index (κ2) is 17.5. The molecule has 0 radical (unpaired) electrons. The Kier molecular flexibility index (Phi) is 13.2. The van der Waals surface area contributed by atoms with Crippen LogP contribution in [0.2, 0.25) is 0 Å². The molecule has 16 heteroatoms. The van der Waals surface area contributed by atoms with Crippen molar-refractivity contribution >= 4 is 46.1 Å². The van der Waals surface area contributed by atoms with E-state index in [0.29, 0.717) is 48.0 Å². The van der Waals surface area contributed by atoms with Crippen molar-refractivity contribution in [1.29, 1.82) is 0 Å². The monoisotopic (exact) mass is 647 g/mol. The van der Waals surface area contributed by atoms with Gasteiger partial charge in [0.05, 0.1) is 62.7 Å². The van der Waals surface area contributed by atoms with Crippen LogP contribution in [0, 0.1) is 0 Å². The number of amides is 1. The third-order valence-electron chi connectivity index (χ3n) is 5.82. The molecule has 2 aromatic carbocycles. The molecule has 236 valence electrons. The second-order valence-electron chi connectivity index (χ2n) is 9.24. The minimum absolute atomic E-state index is 0.0251. The van der Waals surface area contributed by atoms with E-state index < -0.39 is 17.9 Å². The number of ether oxygens (including phenoxy) is 5. The fourth-order valence-corrected chi connectivity index (χ4v) is 4.95. The van der Waals surface area contributed by atoms with Crippen molar-refractivity contribution in [3.63, 3.8) is 0 Å². The van der Waals surface area contributed by atoms with Gasteiger partial charge in [-0.25, -0.2) is 14.5 Å². The number of rotatable bonds is 20. The Hall–Kier alpha value is -3.80. The van der Waals surface area contributed by atoms with Crippen molar-refractivity contribution in [2.24, 2.45) is 0 Å². The van der Waals surface area contributed by atoms with Crippen LogP contribution in [0.25, 0.3) is 10.2 Å². The zero-order valence-corrected chi connectivity index (χ0v) is 25.4. The van der Waals surface area contributed by atoms with Gasteiger partial charge in [-0.3, -0.25) is 4.79 Å². The number of nitrogens with one attached hydrogen (secondary N) is 1. The Morgan fingerprint density at radius 2 is 1.77 bits per heavy atom. The van der Waals surface area contributed by atoms with Crippen LogP contribution in [0.1, 0.15) is 11.3 Å². The van der Waals surface area contributed by atoms with Gasteiger partial charge < -0.3 is 39.2 Å². The highest BCUT2D eigenvalue weighted by Gasteiger charge is 2.21. The average Bonchev–Trinajstić information content (AvgIpc) is 3.61. The third kappa shape index (κ3) is 11.0. The van der Waals surface area contributed by atoms with Crippen LogP contribution in [-0.4, -0.2) is 94.4 Å². The molecule has 0 bridgehead atoms. The first-order valence-corrected chi connectivity index (χ1v) is 14.9. The average molecular weight is 648 g/mol. The molecule has 14 nitrogen and oxygen atoms in total. The van der Waals surface area contributed by atoms with E-state index in [0.717, 1.165) is 15.8 Å². The highest BCUT2D eigenvalue weighted by Crippen LogP contribution is 2.28. The Balaban J connectivity index is 1.15. The number of fused-ring (bicyclic) bond motifs is 1. The SMILES string of the molecule is O=C(Cn1cc(COc2ccc3nc(S)sc3c2)nn1)N[C@@H](COCc1cccc(OCCOCCOCCO)c1)C(=O)O. The summed E-state index contributed by atoms with van der Waals surface area (Å²) in [6, 6.07) is 11.4. The van der Waals surface area contributed by atoms with Gasteiger partial charge in [0.15, 0.2) is 6.04 Å². The zero-order chi connectivity index (χ0) is 31.1. The molecule has 0 saturated carbocycles. The second-order valence-corrected chi connectivity index (χ2v) is 11.0. The van der Waals surface area contributed by atoms with Gasteiger partial charge >= 0.3 is 5.97 Å². The molecule has 0 aliphatic rings. The summed E-state index contributed by atoms with van der Waals surface area (Å²) in [5, 5.41) is 28.6. The molecule has 0 saturated heterocycles. The maximum Gasteiger partial charge on any atom is 0.328 e. The topological polar surface area (TPSA) is 176 Å². The fourth-order valence-electron chi connectivity index (χ4n) is 3.81. The summed E-state index contributed by atoms with van der Waals surface area (Å²) in [7, 11) is 0.